The zero-order chi connectivity index (χ0) is 26.4. The van der Waals surface area contributed by atoms with Crippen LogP contribution in [-0.2, 0) is 22.3 Å². The van der Waals surface area contributed by atoms with Crippen molar-refractivity contribution in [2.24, 2.45) is 0 Å². The van der Waals surface area contributed by atoms with Gasteiger partial charge >= 0.3 is 13.1 Å². The lowest BCUT2D eigenvalue weighted by Gasteiger charge is -2.32. The van der Waals surface area contributed by atoms with Crippen molar-refractivity contribution < 1.29 is 23.9 Å². The molecule has 0 atom stereocenters. The highest BCUT2D eigenvalue weighted by Gasteiger charge is 2.52. The maximum Gasteiger partial charge on any atom is 0.497 e. The van der Waals surface area contributed by atoms with Crippen LogP contribution in [0.5, 0.6) is 5.75 Å². The second-order valence-corrected chi connectivity index (χ2v) is 10.6. The first-order valence-corrected chi connectivity index (χ1v) is 13.0. The van der Waals surface area contributed by atoms with E-state index in [0.29, 0.717) is 31.7 Å². The van der Waals surface area contributed by atoms with Crippen molar-refractivity contribution in [1.82, 2.24) is 4.57 Å². The fourth-order valence-electron chi connectivity index (χ4n) is 5.24. The number of nitrogens with zero attached hydrogens (tertiary/aromatic N) is 1. The Balaban J connectivity index is 1.46. The molecule has 2 heterocycles. The molecule has 6 nitrogen and oxygen atoms in total. The van der Waals surface area contributed by atoms with Crippen molar-refractivity contribution in [2.45, 2.75) is 65.2 Å². The molecule has 5 rings (SSSR count). The molecule has 1 aromatic heterocycles. The predicted octanol–water partition coefficient (Wildman–Crippen LogP) is 5.82. The molecule has 1 saturated heterocycles. The van der Waals surface area contributed by atoms with E-state index in [9.17, 15) is 9.90 Å². The molecule has 1 N–H and O–H groups in total. The number of rotatable bonds is 8. The van der Waals surface area contributed by atoms with Gasteiger partial charge in [-0.1, -0.05) is 54.6 Å². The van der Waals surface area contributed by atoms with Gasteiger partial charge in [0.2, 0.25) is 0 Å². The maximum atomic E-state index is 12.5. The highest BCUT2D eigenvalue weighted by atomic mass is 16.7. The zero-order valence-electron chi connectivity index (χ0n) is 22.2. The summed E-state index contributed by atoms with van der Waals surface area (Å²) in [7, 11) is -0.571. The second-order valence-electron chi connectivity index (χ2n) is 10.6. The van der Waals surface area contributed by atoms with E-state index in [1.165, 1.54) is 0 Å². The highest BCUT2D eigenvalue weighted by Crippen LogP contribution is 2.38. The molecule has 1 aliphatic rings. The van der Waals surface area contributed by atoms with Crippen molar-refractivity contribution in [3.8, 4) is 5.75 Å². The number of ether oxygens (including phenoxy) is 1. The topological polar surface area (TPSA) is 69.9 Å². The van der Waals surface area contributed by atoms with Gasteiger partial charge in [0.15, 0.2) is 0 Å². The number of carboxylic acid groups (broad SMARTS) is 1. The molecule has 0 unspecified atom stereocenters. The van der Waals surface area contributed by atoms with Gasteiger partial charge in [-0.15, -0.1) is 0 Å². The Morgan fingerprint density at radius 1 is 0.946 bits per heavy atom. The third-order valence-corrected chi connectivity index (χ3v) is 7.82. The lowest BCUT2D eigenvalue weighted by Crippen LogP contribution is -2.41. The van der Waals surface area contributed by atoms with Crippen LogP contribution in [0, 0.1) is 0 Å². The van der Waals surface area contributed by atoms with Crippen LogP contribution in [0.25, 0.3) is 21.7 Å². The quantitative estimate of drug-likeness (QED) is 0.244. The van der Waals surface area contributed by atoms with Crippen LogP contribution in [0.4, 0.5) is 0 Å². The Bertz CT molecular complexity index is 1450. The van der Waals surface area contributed by atoms with Gasteiger partial charge in [-0.3, -0.25) is 0 Å². The number of hydrogen-bond acceptors (Lipinski definition) is 4. The number of carboxylic acids is 1. The fourth-order valence-corrected chi connectivity index (χ4v) is 5.24. The van der Waals surface area contributed by atoms with Gasteiger partial charge in [-0.05, 0) is 64.5 Å². The first-order chi connectivity index (χ1) is 17.6. The molecule has 0 aliphatic carbocycles. The van der Waals surface area contributed by atoms with Crippen LogP contribution in [-0.4, -0.2) is 40.6 Å². The van der Waals surface area contributed by atoms with E-state index in [0.717, 1.165) is 38.5 Å². The molecular weight excluding hydrogens is 465 g/mol. The van der Waals surface area contributed by atoms with Gasteiger partial charge in [-0.2, -0.15) is 0 Å². The first kappa shape index (κ1) is 25.4. The van der Waals surface area contributed by atoms with Crippen LogP contribution >= 0.6 is 0 Å². The maximum absolute atomic E-state index is 12.5. The molecule has 7 heteroatoms. The van der Waals surface area contributed by atoms with Gasteiger partial charge in [0.05, 0.1) is 17.8 Å². The second kappa shape index (κ2) is 9.55. The van der Waals surface area contributed by atoms with Gasteiger partial charge < -0.3 is 23.7 Å². The van der Waals surface area contributed by atoms with Crippen LogP contribution in [0.2, 0.25) is 0 Å². The van der Waals surface area contributed by atoms with Gasteiger partial charge in [-0.25, -0.2) is 4.79 Å². The summed E-state index contributed by atoms with van der Waals surface area (Å²) in [6.45, 7) is 11.1. The standard InChI is InChI=1S/C30H34BNO5/c1-6-32-26-22(15-10-17-24(26)31-36-29(2,3)30(4,5)37-31)23(27(32)28(33)34)16-11-19-35-25-18-9-13-20-12-7-8-14-21(20)25/h7-10,12-15,17-18H,6,11,16,19H2,1-5H3,(H,33,34). The minimum absolute atomic E-state index is 0.326. The number of fused-ring (bicyclic) bond motifs is 2. The minimum Gasteiger partial charge on any atom is -0.493 e. The lowest BCUT2D eigenvalue weighted by molar-refractivity contribution is 0.00578. The number of para-hydroxylation sites is 1. The number of aromatic nitrogens is 1. The number of hydrogen-bond donors (Lipinski definition) is 1. The Morgan fingerprint density at radius 2 is 1.59 bits per heavy atom. The molecule has 3 aromatic carbocycles. The highest BCUT2D eigenvalue weighted by molar-refractivity contribution is 6.65. The average Bonchev–Trinajstić information content (AvgIpc) is 3.31. The van der Waals surface area contributed by atoms with Gasteiger partial charge in [0.25, 0.3) is 0 Å². The summed E-state index contributed by atoms with van der Waals surface area (Å²) in [5.41, 5.74) is 1.90. The number of carbonyl (C=O) groups is 1. The summed E-state index contributed by atoms with van der Waals surface area (Å²) in [4.78, 5) is 12.5. The molecule has 192 valence electrons. The van der Waals surface area contributed by atoms with Crippen molar-refractivity contribution in [3.05, 3.63) is 71.9 Å². The summed E-state index contributed by atoms with van der Waals surface area (Å²) in [5, 5.41) is 13.4. The molecule has 0 bridgehead atoms. The van der Waals surface area contributed by atoms with E-state index >= 15 is 0 Å². The molecule has 4 aromatic rings. The zero-order valence-corrected chi connectivity index (χ0v) is 22.2. The molecule has 1 fully saturated rings. The van der Waals surface area contributed by atoms with E-state index in [1.54, 1.807) is 0 Å². The minimum atomic E-state index is -0.928. The largest absolute Gasteiger partial charge is 0.497 e. The molecule has 1 aliphatic heterocycles. The Hall–Kier alpha value is -3.29. The smallest absolute Gasteiger partial charge is 0.493 e. The molecule has 37 heavy (non-hydrogen) atoms. The summed E-state index contributed by atoms with van der Waals surface area (Å²) in [6, 6.07) is 20.1. The summed E-state index contributed by atoms with van der Waals surface area (Å²) in [6.07, 6.45) is 1.27. The Morgan fingerprint density at radius 3 is 2.30 bits per heavy atom. The van der Waals surface area contributed by atoms with Crippen molar-refractivity contribution in [2.75, 3.05) is 6.61 Å². The van der Waals surface area contributed by atoms with Crippen LogP contribution < -0.4 is 10.2 Å². The van der Waals surface area contributed by atoms with Crippen LogP contribution in [0.1, 0.15) is 57.1 Å². The normalized spacial score (nSPS) is 16.5. The SMILES string of the molecule is CCn1c(C(=O)O)c(CCCOc2cccc3ccccc23)c2cccc(B3OC(C)(C)C(C)(C)O3)c21. The van der Waals surface area contributed by atoms with E-state index < -0.39 is 24.3 Å². The number of benzene rings is 3. The van der Waals surface area contributed by atoms with Crippen LogP contribution in [0.3, 0.4) is 0 Å². The first-order valence-electron chi connectivity index (χ1n) is 13.0. The van der Waals surface area contributed by atoms with Crippen LogP contribution in [0.15, 0.2) is 60.7 Å². The van der Waals surface area contributed by atoms with Crippen molar-refractivity contribution in [3.63, 3.8) is 0 Å². The molecule has 0 spiro atoms. The molecule has 0 radical (unpaired) electrons. The van der Waals surface area contributed by atoms with Crippen molar-refractivity contribution in [1.29, 1.82) is 0 Å². The summed E-state index contributed by atoms with van der Waals surface area (Å²) < 4.78 is 20.7. The van der Waals surface area contributed by atoms with Crippen molar-refractivity contribution >= 4 is 40.2 Å². The molecular formula is C30H34BNO5. The predicted molar refractivity (Wildman–Crippen MR) is 148 cm³/mol. The summed E-state index contributed by atoms with van der Waals surface area (Å²) >= 11 is 0. The Kier molecular flexibility index (Phi) is 6.54. The van der Waals surface area contributed by atoms with E-state index in [4.69, 9.17) is 14.0 Å². The Labute approximate surface area is 218 Å². The lowest BCUT2D eigenvalue weighted by atomic mass is 9.77. The fraction of sp³-hybridized carbons (Fsp3) is 0.367. The third kappa shape index (κ3) is 4.40. The molecule has 0 amide bonds. The monoisotopic (exact) mass is 499 g/mol. The summed E-state index contributed by atoms with van der Waals surface area (Å²) in [5.74, 6) is -0.0847. The van der Waals surface area contributed by atoms with E-state index in [-0.39, 0.29) is 0 Å². The third-order valence-electron chi connectivity index (χ3n) is 7.82. The molecule has 0 saturated carbocycles. The number of aryl methyl sites for hydroxylation is 2. The van der Waals surface area contributed by atoms with Gasteiger partial charge in [0.1, 0.15) is 11.4 Å². The van der Waals surface area contributed by atoms with Gasteiger partial charge in [0, 0.05) is 28.3 Å². The average molecular weight is 499 g/mol. The van der Waals surface area contributed by atoms with E-state index in [1.807, 2.05) is 81.7 Å². The number of aromatic carboxylic acids is 1. The van der Waals surface area contributed by atoms with E-state index in [2.05, 4.69) is 18.2 Å².